The van der Waals surface area contributed by atoms with Gasteiger partial charge in [-0.15, -0.1) is 0 Å². The molecule has 1 saturated heterocycles. The monoisotopic (exact) mass is 305 g/mol. The molecule has 1 unspecified atom stereocenters. The van der Waals surface area contributed by atoms with E-state index in [-0.39, 0.29) is 11.6 Å². The van der Waals surface area contributed by atoms with Gasteiger partial charge in [0.25, 0.3) is 0 Å². The fourth-order valence-corrected chi connectivity index (χ4v) is 3.53. The average Bonchev–Trinajstić information content (AvgIpc) is 2.56. The SMILES string of the molecule is COc1ccc(C2(N)CCCCC2)cc1OC1CCCOC1. The van der Waals surface area contributed by atoms with Crippen LogP contribution in [0, 0.1) is 0 Å². The van der Waals surface area contributed by atoms with Crippen molar-refractivity contribution in [3.8, 4) is 11.5 Å². The first-order chi connectivity index (χ1) is 10.7. The highest BCUT2D eigenvalue weighted by Crippen LogP contribution is 2.39. The van der Waals surface area contributed by atoms with Crippen LogP contribution >= 0.6 is 0 Å². The number of nitrogens with two attached hydrogens (primary N) is 1. The van der Waals surface area contributed by atoms with Crippen LogP contribution in [-0.4, -0.2) is 26.4 Å². The van der Waals surface area contributed by atoms with E-state index in [1.807, 2.05) is 6.07 Å². The molecule has 0 amide bonds. The maximum absolute atomic E-state index is 6.65. The molecule has 122 valence electrons. The molecule has 0 spiro atoms. The van der Waals surface area contributed by atoms with E-state index in [1.165, 1.54) is 24.8 Å². The lowest BCUT2D eigenvalue weighted by Crippen LogP contribution is -2.38. The second kappa shape index (κ2) is 6.88. The van der Waals surface area contributed by atoms with Crippen molar-refractivity contribution in [2.75, 3.05) is 20.3 Å². The van der Waals surface area contributed by atoms with E-state index in [2.05, 4.69) is 12.1 Å². The Hall–Kier alpha value is -1.26. The molecule has 2 aliphatic rings. The minimum absolute atomic E-state index is 0.109. The molecule has 22 heavy (non-hydrogen) atoms. The summed E-state index contributed by atoms with van der Waals surface area (Å²) in [5, 5.41) is 0. The summed E-state index contributed by atoms with van der Waals surface area (Å²) in [4.78, 5) is 0. The fraction of sp³-hybridized carbons (Fsp3) is 0.667. The molecule has 2 fully saturated rings. The summed E-state index contributed by atoms with van der Waals surface area (Å²) in [6.45, 7) is 1.49. The molecule has 1 saturated carbocycles. The van der Waals surface area contributed by atoms with Gasteiger partial charge in [-0.3, -0.25) is 0 Å². The minimum atomic E-state index is -0.217. The predicted octanol–water partition coefficient (Wildman–Crippen LogP) is 3.37. The molecule has 1 aliphatic carbocycles. The first-order valence-electron chi connectivity index (χ1n) is 8.43. The minimum Gasteiger partial charge on any atom is -0.493 e. The zero-order chi connectivity index (χ0) is 15.4. The Bertz CT molecular complexity index is 491. The Morgan fingerprint density at radius 3 is 2.64 bits per heavy atom. The Labute approximate surface area is 132 Å². The fourth-order valence-electron chi connectivity index (χ4n) is 3.53. The van der Waals surface area contributed by atoms with Crippen LogP contribution in [0.15, 0.2) is 18.2 Å². The van der Waals surface area contributed by atoms with Crippen molar-refractivity contribution in [2.24, 2.45) is 5.73 Å². The van der Waals surface area contributed by atoms with Crippen molar-refractivity contribution in [3.05, 3.63) is 23.8 Å². The zero-order valence-electron chi connectivity index (χ0n) is 13.5. The zero-order valence-corrected chi connectivity index (χ0v) is 13.5. The van der Waals surface area contributed by atoms with Gasteiger partial charge in [-0.25, -0.2) is 0 Å². The standard InChI is InChI=1S/C18H27NO3/c1-20-16-8-7-14(18(19)9-3-2-4-10-18)12-17(16)22-15-6-5-11-21-13-15/h7-8,12,15H,2-6,9-11,13,19H2,1H3. The van der Waals surface area contributed by atoms with Crippen molar-refractivity contribution < 1.29 is 14.2 Å². The van der Waals surface area contributed by atoms with E-state index in [0.717, 1.165) is 43.8 Å². The molecule has 0 radical (unpaired) electrons. The van der Waals surface area contributed by atoms with Gasteiger partial charge in [-0.05, 0) is 43.4 Å². The van der Waals surface area contributed by atoms with Gasteiger partial charge in [0.15, 0.2) is 11.5 Å². The Balaban J connectivity index is 1.82. The quantitative estimate of drug-likeness (QED) is 0.926. The number of ether oxygens (including phenoxy) is 3. The number of hydrogen-bond donors (Lipinski definition) is 1. The summed E-state index contributed by atoms with van der Waals surface area (Å²) in [5.74, 6) is 1.57. The van der Waals surface area contributed by atoms with E-state index >= 15 is 0 Å². The maximum Gasteiger partial charge on any atom is 0.162 e. The number of methoxy groups -OCH3 is 1. The van der Waals surface area contributed by atoms with Crippen molar-refractivity contribution in [2.45, 2.75) is 56.6 Å². The van der Waals surface area contributed by atoms with Gasteiger partial charge in [-0.2, -0.15) is 0 Å². The summed E-state index contributed by atoms with van der Waals surface area (Å²) in [7, 11) is 1.68. The van der Waals surface area contributed by atoms with Gasteiger partial charge in [0.2, 0.25) is 0 Å². The molecule has 1 aliphatic heterocycles. The van der Waals surface area contributed by atoms with Crippen LogP contribution < -0.4 is 15.2 Å². The Kier molecular flexibility index (Phi) is 4.89. The lowest BCUT2D eigenvalue weighted by atomic mass is 9.77. The third-order valence-electron chi connectivity index (χ3n) is 4.90. The summed E-state index contributed by atoms with van der Waals surface area (Å²) in [6.07, 6.45) is 7.98. The largest absolute Gasteiger partial charge is 0.493 e. The van der Waals surface area contributed by atoms with Crippen LogP contribution in [0.4, 0.5) is 0 Å². The molecule has 0 bridgehead atoms. The van der Waals surface area contributed by atoms with E-state index in [9.17, 15) is 0 Å². The van der Waals surface area contributed by atoms with Crippen LogP contribution in [0.25, 0.3) is 0 Å². The smallest absolute Gasteiger partial charge is 0.162 e. The molecule has 2 N–H and O–H groups in total. The molecular weight excluding hydrogens is 278 g/mol. The first-order valence-corrected chi connectivity index (χ1v) is 8.43. The highest BCUT2D eigenvalue weighted by Gasteiger charge is 2.30. The third-order valence-corrected chi connectivity index (χ3v) is 4.90. The number of hydrogen-bond acceptors (Lipinski definition) is 4. The van der Waals surface area contributed by atoms with E-state index in [1.54, 1.807) is 7.11 Å². The first kappa shape index (κ1) is 15.6. The maximum atomic E-state index is 6.65. The van der Waals surface area contributed by atoms with Crippen LogP contribution in [0.3, 0.4) is 0 Å². The molecule has 1 heterocycles. The molecule has 0 aromatic heterocycles. The molecule has 1 atom stereocenters. The third kappa shape index (κ3) is 3.39. The lowest BCUT2D eigenvalue weighted by molar-refractivity contribution is 0.00635. The van der Waals surface area contributed by atoms with E-state index in [0.29, 0.717) is 6.61 Å². The Morgan fingerprint density at radius 2 is 1.95 bits per heavy atom. The second-order valence-corrected chi connectivity index (χ2v) is 6.54. The molecule has 1 aromatic carbocycles. The number of benzene rings is 1. The van der Waals surface area contributed by atoms with E-state index in [4.69, 9.17) is 19.9 Å². The van der Waals surface area contributed by atoms with Crippen molar-refractivity contribution in [1.29, 1.82) is 0 Å². The molecular formula is C18H27NO3. The van der Waals surface area contributed by atoms with Gasteiger partial charge in [0.1, 0.15) is 6.10 Å². The van der Waals surface area contributed by atoms with E-state index < -0.39 is 0 Å². The van der Waals surface area contributed by atoms with Gasteiger partial charge in [0.05, 0.1) is 13.7 Å². The predicted molar refractivity (Wildman–Crippen MR) is 86.4 cm³/mol. The van der Waals surface area contributed by atoms with Crippen LogP contribution in [0.5, 0.6) is 11.5 Å². The van der Waals surface area contributed by atoms with Gasteiger partial charge in [0, 0.05) is 12.1 Å². The normalized spacial score (nSPS) is 24.7. The van der Waals surface area contributed by atoms with Gasteiger partial charge >= 0.3 is 0 Å². The summed E-state index contributed by atoms with van der Waals surface area (Å²) >= 11 is 0. The Morgan fingerprint density at radius 1 is 1.14 bits per heavy atom. The summed E-state index contributed by atoms with van der Waals surface area (Å²) < 4.78 is 17.1. The second-order valence-electron chi connectivity index (χ2n) is 6.54. The van der Waals surface area contributed by atoms with Crippen molar-refractivity contribution in [3.63, 3.8) is 0 Å². The van der Waals surface area contributed by atoms with Crippen LogP contribution in [-0.2, 0) is 10.3 Å². The van der Waals surface area contributed by atoms with Crippen LogP contribution in [0.1, 0.15) is 50.5 Å². The molecule has 4 heteroatoms. The summed E-state index contributed by atoms with van der Waals surface area (Å²) in [5.41, 5.74) is 7.60. The topological polar surface area (TPSA) is 53.7 Å². The van der Waals surface area contributed by atoms with Crippen molar-refractivity contribution in [1.82, 2.24) is 0 Å². The van der Waals surface area contributed by atoms with Crippen molar-refractivity contribution >= 4 is 0 Å². The van der Waals surface area contributed by atoms with Gasteiger partial charge < -0.3 is 19.9 Å². The molecule has 3 rings (SSSR count). The average molecular weight is 305 g/mol. The van der Waals surface area contributed by atoms with Crippen LogP contribution in [0.2, 0.25) is 0 Å². The number of rotatable bonds is 4. The highest BCUT2D eigenvalue weighted by atomic mass is 16.5. The molecule has 1 aromatic rings. The lowest BCUT2D eigenvalue weighted by Gasteiger charge is -2.34. The van der Waals surface area contributed by atoms with Gasteiger partial charge in [-0.1, -0.05) is 25.3 Å². The summed E-state index contributed by atoms with van der Waals surface area (Å²) in [6, 6.07) is 6.16. The highest BCUT2D eigenvalue weighted by molar-refractivity contribution is 5.45. The molecule has 4 nitrogen and oxygen atoms in total.